The molecule has 1 aliphatic rings. The maximum Gasteiger partial charge on any atom is 0.264 e. The van der Waals surface area contributed by atoms with Crippen LogP contribution in [0.5, 0.6) is 0 Å². The second kappa shape index (κ2) is 13.8. The van der Waals surface area contributed by atoms with Gasteiger partial charge in [0.05, 0.1) is 10.6 Å². The molecule has 0 spiro atoms. The smallest absolute Gasteiger partial charge is 0.264 e. The molecular formula is C32H38FN3O4S. The minimum Gasteiger partial charge on any atom is -0.352 e. The first-order chi connectivity index (χ1) is 19.7. The fourth-order valence-electron chi connectivity index (χ4n) is 5.14. The minimum atomic E-state index is -4.31. The molecule has 41 heavy (non-hydrogen) atoms. The first-order valence-electron chi connectivity index (χ1n) is 14.1. The highest BCUT2D eigenvalue weighted by molar-refractivity contribution is 7.92. The highest BCUT2D eigenvalue weighted by atomic mass is 32.2. The van der Waals surface area contributed by atoms with E-state index in [2.05, 4.69) is 5.32 Å². The molecule has 1 aliphatic carbocycles. The van der Waals surface area contributed by atoms with Crippen LogP contribution in [0.3, 0.4) is 0 Å². The number of carbonyl (C=O) groups excluding carboxylic acids is 2. The van der Waals surface area contributed by atoms with Gasteiger partial charge in [-0.15, -0.1) is 0 Å². The summed E-state index contributed by atoms with van der Waals surface area (Å²) < 4.78 is 43.4. The largest absolute Gasteiger partial charge is 0.352 e. The van der Waals surface area contributed by atoms with E-state index in [1.807, 2.05) is 37.3 Å². The number of anilines is 1. The molecular weight excluding hydrogens is 541 g/mol. The van der Waals surface area contributed by atoms with E-state index in [9.17, 15) is 18.0 Å². The Morgan fingerprint density at radius 1 is 0.927 bits per heavy atom. The summed E-state index contributed by atoms with van der Waals surface area (Å²) in [6.45, 7) is 3.02. The molecule has 2 amide bonds. The third kappa shape index (κ3) is 7.73. The fraction of sp³-hybridized carbons (Fsp3) is 0.375. The topological polar surface area (TPSA) is 86.8 Å². The van der Waals surface area contributed by atoms with Crippen LogP contribution in [0.25, 0.3) is 0 Å². The lowest BCUT2D eigenvalue weighted by Gasteiger charge is -2.33. The number of aryl methyl sites for hydroxylation is 1. The number of benzene rings is 3. The van der Waals surface area contributed by atoms with Crippen molar-refractivity contribution < 1.29 is 22.4 Å². The summed E-state index contributed by atoms with van der Waals surface area (Å²) in [5, 5.41) is 3.08. The minimum absolute atomic E-state index is 0.0570. The molecule has 0 saturated heterocycles. The van der Waals surface area contributed by atoms with Crippen LogP contribution < -0.4 is 9.62 Å². The molecule has 1 saturated carbocycles. The summed E-state index contributed by atoms with van der Waals surface area (Å²) in [6.07, 6.45) is 5.50. The van der Waals surface area contributed by atoms with Gasteiger partial charge in [-0.1, -0.05) is 79.4 Å². The molecule has 0 aromatic heterocycles. The van der Waals surface area contributed by atoms with Crippen LogP contribution in [-0.2, 0) is 26.0 Å². The summed E-state index contributed by atoms with van der Waals surface area (Å²) in [5.74, 6) is -1.64. The number of halogens is 1. The van der Waals surface area contributed by atoms with E-state index < -0.39 is 34.3 Å². The van der Waals surface area contributed by atoms with Crippen LogP contribution in [0.4, 0.5) is 10.1 Å². The lowest BCUT2D eigenvalue weighted by Crippen LogP contribution is -2.53. The van der Waals surface area contributed by atoms with E-state index in [0.717, 1.165) is 53.6 Å². The summed E-state index contributed by atoms with van der Waals surface area (Å²) in [7, 11) is -4.31. The molecule has 4 rings (SSSR count). The standard InChI is InChI=1S/C32H38FN3O4S/c1-24-17-19-28(20-18-24)41(39,40)36(30-16-10-9-15-29(30)33)23-31(37)35(22-21-26-11-5-3-6-12-26)25(2)32(38)34-27-13-7-4-8-14-27/h3,5-6,9-12,15-20,25,27H,4,7-8,13-14,21-23H2,1-2H3,(H,34,38)/t25-/m0/s1. The average Bonchev–Trinajstić information content (AvgIpc) is 2.97. The number of nitrogens with zero attached hydrogens (tertiary/aromatic N) is 2. The van der Waals surface area contributed by atoms with Crippen molar-refractivity contribution in [2.75, 3.05) is 17.4 Å². The summed E-state index contributed by atoms with van der Waals surface area (Å²) >= 11 is 0. The molecule has 1 N–H and O–H groups in total. The number of carbonyl (C=O) groups is 2. The lowest BCUT2D eigenvalue weighted by atomic mass is 9.95. The predicted molar refractivity (Wildman–Crippen MR) is 158 cm³/mol. The van der Waals surface area contributed by atoms with E-state index in [4.69, 9.17) is 0 Å². The van der Waals surface area contributed by atoms with E-state index in [1.54, 1.807) is 19.1 Å². The molecule has 1 fully saturated rings. The van der Waals surface area contributed by atoms with Crippen LogP contribution in [0.15, 0.2) is 83.8 Å². The first kappa shape index (κ1) is 30.2. The number of nitrogens with one attached hydrogen (secondary N) is 1. The van der Waals surface area contributed by atoms with Crippen LogP contribution in [0.2, 0.25) is 0 Å². The molecule has 0 aliphatic heterocycles. The molecule has 0 unspecified atom stereocenters. The van der Waals surface area contributed by atoms with Gasteiger partial charge in [-0.2, -0.15) is 0 Å². The Balaban J connectivity index is 1.64. The van der Waals surface area contributed by atoms with Crippen molar-refractivity contribution in [3.8, 4) is 0 Å². The molecule has 1 atom stereocenters. The number of hydrogen-bond donors (Lipinski definition) is 1. The maximum atomic E-state index is 15.0. The normalized spacial score (nSPS) is 14.7. The summed E-state index contributed by atoms with van der Waals surface area (Å²) in [6, 6.07) is 20.4. The fourth-order valence-corrected chi connectivity index (χ4v) is 6.57. The van der Waals surface area contributed by atoms with Crippen molar-refractivity contribution in [1.29, 1.82) is 0 Å². The monoisotopic (exact) mass is 579 g/mol. The van der Waals surface area contributed by atoms with Crippen LogP contribution in [0.1, 0.15) is 50.2 Å². The number of sulfonamides is 1. The number of amides is 2. The maximum absolute atomic E-state index is 15.0. The second-order valence-corrected chi connectivity index (χ2v) is 12.5. The van der Waals surface area contributed by atoms with Crippen LogP contribution in [-0.4, -0.2) is 50.3 Å². The van der Waals surface area contributed by atoms with Crippen molar-refractivity contribution in [3.05, 3.63) is 95.8 Å². The third-order valence-electron chi connectivity index (χ3n) is 7.61. The van der Waals surface area contributed by atoms with Crippen molar-refractivity contribution in [2.45, 2.75) is 69.4 Å². The van der Waals surface area contributed by atoms with Crippen LogP contribution in [0, 0.1) is 12.7 Å². The molecule has 0 radical (unpaired) electrons. The molecule has 3 aromatic rings. The number of para-hydroxylation sites is 1. The Morgan fingerprint density at radius 2 is 1.56 bits per heavy atom. The Hall–Kier alpha value is -3.72. The number of hydrogen-bond acceptors (Lipinski definition) is 4. The van der Waals surface area contributed by atoms with Gasteiger partial charge in [0, 0.05) is 12.6 Å². The van der Waals surface area contributed by atoms with Crippen molar-refractivity contribution in [2.24, 2.45) is 0 Å². The van der Waals surface area contributed by atoms with Crippen molar-refractivity contribution >= 4 is 27.5 Å². The highest BCUT2D eigenvalue weighted by Gasteiger charge is 2.34. The van der Waals surface area contributed by atoms with Crippen molar-refractivity contribution in [1.82, 2.24) is 10.2 Å². The zero-order valence-corrected chi connectivity index (χ0v) is 24.4. The molecule has 3 aromatic carbocycles. The molecule has 0 bridgehead atoms. The van der Waals surface area contributed by atoms with E-state index >= 15 is 4.39 Å². The van der Waals surface area contributed by atoms with E-state index in [0.29, 0.717) is 6.42 Å². The van der Waals surface area contributed by atoms with Gasteiger partial charge in [-0.25, -0.2) is 12.8 Å². The Labute approximate surface area is 242 Å². The van der Waals surface area contributed by atoms with Gasteiger partial charge >= 0.3 is 0 Å². The molecule has 0 heterocycles. The quantitative estimate of drug-likeness (QED) is 0.337. The van der Waals surface area contributed by atoms with E-state index in [1.165, 1.54) is 35.2 Å². The van der Waals surface area contributed by atoms with Gasteiger partial charge in [-0.3, -0.25) is 13.9 Å². The van der Waals surface area contributed by atoms with Gasteiger partial charge in [0.25, 0.3) is 10.0 Å². The molecule has 7 nitrogen and oxygen atoms in total. The SMILES string of the molecule is Cc1ccc(S(=O)(=O)N(CC(=O)N(CCc2ccccc2)[C@@H](C)C(=O)NC2CCCCC2)c2ccccc2F)cc1. The van der Waals surface area contributed by atoms with Gasteiger partial charge in [0.15, 0.2) is 0 Å². The van der Waals surface area contributed by atoms with Gasteiger partial charge in [0.2, 0.25) is 11.8 Å². The van der Waals surface area contributed by atoms with Crippen molar-refractivity contribution in [3.63, 3.8) is 0 Å². The van der Waals surface area contributed by atoms with E-state index in [-0.39, 0.29) is 29.1 Å². The summed E-state index contributed by atoms with van der Waals surface area (Å²) in [4.78, 5) is 28.6. The highest BCUT2D eigenvalue weighted by Crippen LogP contribution is 2.27. The second-order valence-electron chi connectivity index (χ2n) is 10.6. The Bertz CT molecular complexity index is 1420. The third-order valence-corrected chi connectivity index (χ3v) is 9.39. The lowest BCUT2D eigenvalue weighted by molar-refractivity contribution is -0.139. The zero-order chi connectivity index (χ0) is 29.4. The zero-order valence-electron chi connectivity index (χ0n) is 23.6. The van der Waals surface area contributed by atoms with Crippen LogP contribution >= 0.6 is 0 Å². The Kier molecular flexibility index (Phi) is 10.2. The molecule has 218 valence electrons. The number of rotatable bonds is 11. The average molecular weight is 580 g/mol. The van der Waals surface area contributed by atoms with Gasteiger partial charge in [0.1, 0.15) is 18.4 Å². The summed E-state index contributed by atoms with van der Waals surface area (Å²) in [5.41, 5.74) is 1.61. The predicted octanol–water partition coefficient (Wildman–Crippen LogP) is 5.24. The Morgan fingerprint density at radius 3 is 2.22 bits per heavy atom. The first-order valence-corrected chi connectivity index (χ1v) is 15.6. The molecule has 9 heteroatoms. The van der Waals surface area contributed by atoms with Gasteiger partial charge in [-0.05, 0) is 62.9 Å². The van der Waals surface area contributed by atoms with Gasteiger partial charge < -0.3 is 10.2 Å².